The second-order valence-corrected chi connectivity index (χ2v) is 12.9. The Labute approximate surface area is 373 Å². The third-order valence-electron chi connectivity index (χ3n) is 6.59. The van der Waals surface area contributed by atoms with Crippen molar-refractivity contribution in [3.05, 3.63) is 0 Å². The van der Waals surface area contributed by atoms with Crippen LogP contribution in [0.25, 0.3) is 0 Å². The lowest BCUT2D eigenvalue weighted by Crippen LogP contribution is -2.15. The molecule has 0 aliphatic heterocycles. The Balaban J connectivity index is -0.0000000968. The fourth-order valence-electron chi connectivity index (χ4n) is 2.87. The van der Waals surface area contributed by atoms with Gasteiger partial charge in [-0.25, -0.2) is 0 Å². The van der Waals surface area contributed by atoms with E-state index in [0.717, 1.165) is 77.0 Å². The maximum Gasteiger partial charge on any atom is 0.303 e. The van der Waals surface area contributed by atoms with Crippen molar-refractivity contribution in [2.45, 2.75) is 139 Å². The van der Waals surface area contributed by atoms with E-state index < -0.39 is 60.5 Å². The zero-order chi connectivity index (χ0) is 51.6. The minimum atomic E-state index is -0.954. The molecule has 0 heterocycles. The maximum atomic E-state index is 10.1. The van der Waals surface area contributed by atoms with Crippen molar-refractivity contribution in [1.29, 1.82) is 0 Å². The van der Waals surface area contributed by atoms with Gasteiger partial charge in [-0.2, -0.15) is 0 Å². The van der Waals surface area contributed by atoms with Gasteiger partial charge in [-0.1, -0.05) is 51.4 Å². The molecule has 0 radical (unpaired) electrons. The van der Waals surface area contributed by atoms with Gasteiger partial charge in [-0.3, -0.25) is 19.2 Å². The second kappa shape index (κ2) is 69.2. The molecule has 22 N–H and O–H groups in total. The predicted molar refractivity (Wildman–Crippen MR) is 225 cm³/mol. The van der Waals surface area contributed by atoms with Crippen LogP contribution < -0.4 is 0 Å². The molecule has 26 heteroatoms. The van der Waals surface area contributed by atoms with Crippen molar-refractivity contribution in [2.75, 3.05) is 79.3 Å². The number of hydrogen-bond donors (Lipinski definition) is 22. The van der Waals surface area contributed by atoms with Crippen molar-refractivity contribution in [1.82, 2.24) is 0 Å². The molecule has 0 saturated heterocycles. The molecular formula is C38H84O26. The van der Waals surface area contributed by atoms with Crippen LogP contribution in [0.4, 0.5) is 0 Å². The largest absolute Gasteiger partial charge is 0.481 e. The highest BCUT2D eigenvalue weighted by molar-refractivity contribution is 5.67. The number of aliphatic hydroxyl groups excluding tert-OH is 18. The first-order chi connectivity index (χ1) is 30.1. The molecule has 0 unspecified atom stereocenters. The molecule has 0 spiro atoms. The van der Waals surface area contributed by atoms with Crippen LogP contribution >= 0.6 is 0 Å². The van der Waals surface area contributed by atoms with Crippen molar-refractivity contribution >= 4 is 23.9 Å². The van der Waals surface area contributed by atoms with Crippen molar-refractivity contribution in [2.24, 2.45) is 0 Å². The van der Waals surface area contributed by atoms with Crippen LogP contribution in [0.1, 0.15) is 103 Å². The van der Waals surface area contributed by atoms with Crippen LogP contribution in [-0.4, -0.2) is 252 Å². The van der Waals surface area contributed by atoms with Gasteiger partial charge in [0.15, 0.2) is 0 Å². The number of unbranched alkanes of at least 4 members (excludes halogenated alkanes) is 10. The summed E-state index contributed by atoms with van der Waals surface area (Å²) < 4.78 is 0. The van der Waals surface area contributed by atoms with Crippen LogP contribution in [-0.2, 0) is 19.2 Å². The van der Waals surface area contributed by atoms with E-state index in [2.05, 4.69) is 0 Å². The van der Waals surface area contributed by atoms with Gasteiger partial charge in [-0.05, 0) is 25.7 Å². The van der Waals surface area contributed by atoms with Crippen LogP contribution in [0, 0.1) is 0 Å². The molecule has 0 atom stereocenters. The summed E-state index contributed by atoms with van der Waals surface area (Å²) >= 11 is 0. The summed E-state index contributed by atoms with van der Waals surface area (Å²) in [6.07, 6.45) is 5.93. The Kier molecular flexibility index (Phi) is 84.7. The first-order valence-electron chi connectivity index (χ1n) is 20.4. The Hall–Kier alpha value is -2.84. The summed E-state index contributed by atoms with van der Waals surface area (Å²) in [5, 5.41) is 177. The zero-order valence-corrected chi connectivity index (χ0v) is 36.7. The lowest BCUT2D eigenvalue weighted by atomic mass is 10.1. The number of rotatable bonds is 30. The average Bonchev–Trinajstić information content (AvgIpc) is 3.29. The van der Waals surface area contributed by atoms with Gasteiger partial charge in [0.25, 0.3) is 0 Å². The van der Waals surface area contributed by atoms with E-state index in [1.165, 1.54) is 0 Å². The van der Waals surface area contributed by atoms with Gasteiger partial charge in [0.1, 0.15) is 36.6 Å². The lowest BCUT2D eigenvalue weighted by Gasteiger charge is -1.98. The van der Waals surface area contributed by atoms with Gasteiger partial charge in [0.2, 0.25) is 0 Å². The minimum absolute atomic E-state index is 0.245. The molecule has 0 aliphatic rings. The highest BCUT2D eigenvalue weighted by Gasteiger charge is 2.01. The summed E-state index contributed by atoms with van der Waals surface area (Å²) in [5.41, 5.74) is 0. The van der Waals surface area contributed by atoms with Gasteiger partial charge in [0.05, 0.1) is 79.3 Å². The molecule has 0 saturated carbocycles. The van der Waals surface area contributed by atoms with Crippen LogP contribution in [0.15, 0.2) is 0 Å². The molecule has 0 aliphatic carbocycles. The fourth-order valence-corrected chi connectivity index (χ4v) is 2.87. The molecule has 0 bridgehead atoms. The molecule has 0 rings (SSSR count). The summed E-state index contributed by atoms with van der Waals surface area (Å²) in [6, 6.07) is 0. The number of aliphatic hydroxyl groups is 18. The maximum absolute atomic E-state index is 10.1. The Bertz CT molecular complexity index is 723. The average molecular weight is 957 g/mol. The van der Waals surface area contributed by atoms with E-state index in [4.69, 9.17) is 112 Å². The number of carboxylic acid groups (broad SMARTS) is 4. The molecule has 0 aromatic heterocycles. The first-order valence-corrected chi connectivity index (χ1v) is 20.4. The van der Waals surface area contributed by atoms with E-state index in [1.54, 1.807) is 0 Å². The van der Waals surface area contributed by atoms with Gasteiger partial charge in [0, 0.05) is 25.7 Å². The highest BCUT2D eigenvalue weighted by Crippen LogP contribution is 2.09. The SMILES string of the molecule is O=C(O)CCCCCCCCC(=O)O.O=C(O)CCCCCCCCC(=O)O.OCC(O)CO.OCC(O)CO.OCC(O)CO.OCC(O)CO.OCC(O)CO.OCC(O)CO. The Morgan fingerprint density at radius 3 is 0.375 bits per heavy atom. The third-order valence-corrected chi connectivity index (χ3v) is 6.59. The Morgan fingerprint density at radius 1 is 0.219 bits per heavy atom. The summed E-state index contributed by atoms with van der Waals surface area (Å²) in [7, 11) is 0. The number of hydrogen-bond acceptors (Lipinski definition) is 22. The minimum Gasteiger partial charge on any atom is -0.481 e. The van der Waals surface area contributed by atoms with Gasteiger partial charge >= 0.3 is 23.9 Å². The molecule has 392 valence electrons. The molecule has 0 amide bonds. The zero-order valence-electron chi connectivity index (χ0n) is 36.7. The molecule has 26 nitrogen and oxygen atoms in total. The van der Waals surface area contributed by atoms with Crippen LogP contribution in [0.2, 0.25) is 0 Å². The lowest BCUT2D eigenvalue weighted by molar-refractivity contribution is -0.138. The molecular weight excluding hydrogens is 872 g/mol. The normalized spacial score (nSPS) is 10.0. The van der Waals surface area contributed by atoms with Crippen LogP contribution in [0.3, 0.4) is 0 Å². The highest BCUT2D eigenvalue weighted by atomic mass is 16.4. The fraction of sp³-hybridized carbons (Fsp3) is 0.895. The van der Waals surface area contributed by atoms with Crippen molar-refractivity contribution in [3.8, 4) is 0 Å². The monoisotopic (exact) mass is 957 g/mol. The quantitative estimate of drug-likeness (QED) is 0.0299. The van der Waals surface area contributed by atoms with E-state index in [0.29, 0.717) is 0 Å². The van der Waals surface area contributed by atoms with Crippen molar-refractivity contribution < 1.29 is 132 Å². The van der Waals surface area contributed by atoms with E-state index in [9.17, 15) is 19.2 Å². The molecule has 0 aromatic carbocycles. The van der Waals surface area contributed by atoms with Gasteiger partial charge < -0.3 is 112 Å². The summed E-state index contributed by atoms with van der Waals surface area (Å²) in [4.78, 5) is 40.6. The molecule has 0 aromatic rings. The predicted octanol–water partition coefficient (Wildman–Crippen LogP) is -5.46. The molecule has 64 heavy (non-hydrogen) atoms. The van der Waals surface area contributed by atoms with Gasteiger partial charge in [-0.15, -0.1) is 0 Å². The van der Waals surface area contributed by atoms with Crippen molar-refractivity contribution in [3.63, 3.8) is 0 Å². The summed E-state index contributed by atoms with van der Waals surface area (Å²) in [5.74, 6) is -2.96. The number of carboxylic acids is 4. The standard InChI is InChI=1S/2C10H18O4.6C3H8O3/c2*11-9(12)7-5-3-1-2-4-6-8-10(13)14;6*4-1-3(6)2-5/h2*1-8H2,(H,11,12)(H,13,14);6*3-6H,1-2H2. The summed E-state index contributed by atoms with van der Waals surface area (Å²) in [6.45, 7) is -4.37. The Morgan fingerprint density at radius 2 is 0.312 bits per heavy atom. The second-order valence-electron chi connectivity index (χ2n) is 12.9. The topological polar surface area (TPSA) is 513 Å². The third kappa shape index (κ3) is 107. The smallest absolute Gasteiger partial charge is 0.303 e. The number of carbonyl (C=O) groups is 4. The van der Waals surface area contributed by atoms with E-state index >= 15 is 0 Å². The van der Waals surface area contributed by atoms with Crippen LogP contribution in [0.5, 0.6) is 0 Å². The number of aliphatic carboxylic acids is 4. The molecule has 0 fully saturated rings. The van der Waals surface area contributed by atoms with E-state index in [-0.39, 0.29) is 105 Å². The first kappa shape index (κ1) is 78.3. The van der Waals surface area contributed by atoms with E-state index in [1.807, 2.05) is 0 Å².